The number of para-hydroxylation sites is 1. The quantitative estimate of drug-likeness (QED) is 0.436. The third-order valence-corrected chi connectivity index (χ3v) is 3.54. The Balaban J connectivity index is 1.52. The molecule has 0 aliphatic rings. The van der Waals surface area contributed by atoms with Gasteiger partial charge in [-0.2, -0.15) is 0 Å². The fourth-order valence-corrected chi connectivity index (χ4v) is 2.35. The lowest BCUT2D eigenvalue weighted by Gasteiger charge is -2.01. The summed E-state index contributed by atoms with van der Waals surface area (Å²) >= 11 is 0. The third kappa shape index (κ3) is 2.87. The van der Waals surface area contributed by atoms with Crippen LogP contribution >= 0.6 is 0 Å². The van der Waals surface area contributed by atoms with Crippen molar-refractivity contribution in [2.24, 2.45) is 0 Å². The molecule has 0 spiro atoms. The van der Waals surface area contributed by atoms with Crippen LogP contribution in [0.25, 0.3) is 11.3 Å². The van der Waals surface area contributed by atoms with E-state index < -0.39 is 4.92 Å². The molecule has 0 saturated carbocycles. The van der Waals surface area contributed by atoms with Gasteiger partial charge in [0.05, 0.1) is 18.4 Å². The standard InChI is InChI=1S/C15H12N8O2/c24-23(25)15-9-17-14-7-6-13(19-22(14)15)16-8-11-10-21(20-18-11)12-4-2-1-3-5-12/h1-7,9-10H,8H2,(H,16,19). The zero-order chi connectivity index (χ0) is 17.2. The molecule has 25 heavy (non-hydrogen) atoms. The monoisotopic (exact) mass is 336 g/mol. The van der Waals surface area contributed by atoms with Crippen molar-refractivity contribution < 1.29 is 4.92 Å². The Morgan fingerprint density at radius 1 is 1.16 bits per heavy atom. The summed E-state index contributed by atoms with van der Waals surface area (Å²) in [6.07, 6.45) is 2.98. The number of anilines is 1. The summed E-state index contributed by atoms with van der Waals surface area (Å²) in [5.41, 5.74) is 2.04. The van der Waals surface area contributed by atoms with Crippen molar-refractivity contribution in [3.8, 4) is 5.69 Å². The highest BCUT2D eigenvalue weighted by Gasteiger charge is 2.16. The molecule has 0 atom stereocenters. The first-order valence-corrected chi connectivity index (χ1v) is 7.40. The number of nitrogens with zero attached hydrogens (tertiary/aromatic N) is 7. The van der Waals surface area contributed by atoms with E-state index in [4.69, 9.17) is 0 Å². The second kappa shape index (κ2) is 6.00. The van der Waals surface area contributed by atoms with Gasteiger partial charge in [-0.25, -0.2) is 9.67 Å². The van der Waals surface area contributed by atoms with Crippen LogP contribution in [0.1, 0.15) is 5.69 Å². The molecule has 0 radical (unpaired) electrons. The number of hydrogen-bond acceptors (Lipinski definition) is 7. The summed E-state index contributed by atoms with van der Waals surface area (Å²) in [5, 5.41) is 26.4. The highest BCUT2D eigenvalue weighted by molar-refractivity contribution is 5.48. The number of hydrogen-bond donors (Lipinski definition) is 1. The molecule has 4 rings (SSSR count). The van der Waals surface area contributed by atoms with Gasteiger partial charge in [-0.15, -0.1) is 5.10 Å². The highest BCUT2D eigenvalue weighted by atomic mass is 16.6. The number of imidazole rings is 1. The van der Waals surface area contributed by atoms with Crippen molar-refractivity contribution in [1.82, 2.24) is 29.6 Å². The Labute approximate surface area is 140 Å². The van der Waals surface area contributed by atoms with Crippen molar-refractivity contribution in [2.75, 3.05) is 5.32 Å². The smallest absolute Gasteiger partial charge is 0.361 e. The average molecular weight is 336 g/mol. The normalized spacial score (nSPS) is 10.9. The van der Waals surface area contributed by atoms with Crippen LogP contribution in [-0.2, 0) is 6.54 Å². The maximum atomic E-state index is 11.0. The van der Waals surface area contributed by atoms with Crippen LogP contribution in [0.2, 0.25) is 0 Å². The number of fused-ring (bicyclic) bond motifs is 1. The molecular weight excluding hydrogens is 324 g/mol. The van der Waals surface area contributed by atoms with E-state index in [0.717, 1.165) is 5.69 Å². The Morgan fingerprint density at radius 3 is 2.80 bits per heavy atom. The molecule has 124 valence electrons. The first kappa shape index (κ1) is 14.8. The van der Waals surface area contributed by atoms with Gasteiger partial charge in [0.25, 0.3) is 0 Å². The Bertz CT molecular complexity index is 1040. The van der Waals surface area contributed by atoms with Crippen LogP contribution in [0.15, 0.2) is 54.9 Å². The van der Waals surface area contributed by atoms with Gasteiger partial charge in [-0.1, -0.05) is 33.0 Å². The molecule has 0 aliphatic heterocycles. The average Bonchev–Trinajstić information content (AvgIpc) is 3.27. The van der Waals surface area contributed by atoms with Crippen molar-refractivity contribution >= 4 is 17.3 Å². The summed E-state index contributed by atoms with van der Waals surface area (Å²) in [6, 6.07) is 13.0. The lowest BCUT2D eigenvalue weighted by molar-refractivity contribution is -0.391. The number of nitrogens with one attached hydrogen (secondary N) is 1. The van der Waals surface area contributed by atoms with E-state index in [1.807, 2.05) is 30.3 Å². The van der Waals surface area contributed by atoms with Gasteiger partial charge in [0.15, 0.2) is 5.82 Å². The Hall–Kier alpha value is -3.82. The third-order valence-electron chi connectivity index (χ3n) is 3.54. The minimum absolute atomic E-state index is 0.186. The lowest BCUT2D eigenvalue weighted by atomic mass is 10.3. The predicted molar refractivity (Wildman–Crippen MR) is 88.3 cm³/mol. The van der Waals surface area contributed by atoms with Crippen molar-refractivity contribution in [2.45, 2.75) is 6.54 Å². The van der Waals surface area contributed by atoms with Crippen LogP contribution in [0.4, 0.5) is 11.6 Å². The van der Waals surface area contributed by atoms with Crippen LogP contribution in [0.3, 0.4) is 0 Å². The maximum absolute atomic E-state index is 11.0. The number of aromatic nitrogens is 6. The summed E-state index contributed by atoms with van der Waals surface area (Å²) in [5.74, 6) is 0.288. The van der Waals surface area contributed by atoms with Crippen molar-refractivity contribution in [3.63, 3.8) is 0 Å². The topological polar surface area (TPSA) is 116 Å². The SMILES string of the molecule is O=[N+]([O-])c1cnc2ccc(NCc3cn(-c4ccccc4)nn3)nn12. The van der Waals surface area contributed by atoms with E-state index in [1.54, 1.807) is 23.0 Å². The van der Waals surface area contributed by atoms with Crippen LogP contribution in [-0.4, -0.2) is 34.5 Å². The molecule has 10 nitrogen and oxygen atoms in total. The summed E-state index contributed by atoms with van der Waals surface area (Å²) < 4.78 is 2.86. The molecule has 0 fully saturated rings. The van der Waals surface area contributed by atoms with Gasteiger partial charge >= 0.3 is 5.82 Å². The van der Waals surface area contributed by atoms with E-state index in [1.165, 1.54) is 10.7 Å². The molecule has 4 aromatic rings. The largest absolute Gasteiger partial charge is 0.368 e. The minimum atomic E-state index is -0.526. The molecule has 0 unspecified atom stereocenters. The molecule has 1 aromatic carbocycles. The summed E-state index contributed by atoms with van der Waals surface area (Å²) in [4.78, 5) is 14.4. The highest BCUT2D eigenvalue weighted by Crippen LogP contribution is 2.15. The van der Waals surface area contributed by atoms with E-state index >= 15 is 0 Å². The number of nitro groups is 1. The zero-order valence-electron chi connectivity index (χ0n) is 12.9. The zero-order valence-corrected chi connectivity index (χ0v) is 12.9. The van der Waals surface area contributed by atoms with Gasteiger partial charge < -0.3 is 15.4 Å². The number of rotatable bonds is 5. The second-order valence-electron chi connectivity index (χ2n) is 5.21. The van der Waals surface area contributed by atoms with Crippen LogP contribution < -0.4 is 5.32 Å². The van der Waals surface area contributed by atoms with Gasteiger partial charge in [-0.05, 0) is 23.1 Å². The maximum Gasteiger partial charge on any atom is 0.368 e. The Morgan fingerprint density at radius 2 is 2.00 bits per heavy atom. The van der Waals surface area contributed by atoms with Gasteiger partial charge in [0, 0.05) is 6.07 Å². The molecule has 0 amide bonds. The molecule has 3 aromatic heterocycles. The summed E-state index contributed by atoms with van der Waals surface area (Å²) in [6.45, 7) is 0.383. The fourth-order valence-electron chi connectivity index (χ4n) is 2.35. The molecule has 0 aliphatic carbocycles. The van der Waals surface area contributed by atoms with Gasteiger partial charge in [-0.3, -0.25) is 0 Å². The minimum Gasteiger partial charge on any atom is -0.361 e. The molecule has 10 heteroatoms. The molecular formula is C15H12N8O2. The van der Waals surface area contributed by atoms with E-state index in [2.05, 4.69) is 25.7 Å². The first-order valence-electron chi connectivity index (χ1n) is 7.40. The molecule has 0 bridgehead atoms. The van der Waals surface area contributed by atoms with E-state index in [9.17, 15) is 10.1 Å². The lowest BCUT2D eigenvalue weighted by Crippen LogP contribution is -2.05. The number of benzene rings is 1. The van der Waals surface area contributed by atoms with E-state index in [0.29, 0.717) is 23.7 Å². The Kier molecular flexibility index (Phi) is 3.54. The first-order chi connectivity index (χ1) is 12.2. The van der Waals surface area contributed by atoms with Crippen LogP contribution in [0, 0.1) is 10.1 Å². The second-order valence-corrected chi connectivity index (χ2v) is 5.21. The van der Waals surface area contributed by atoms with Gasteiger partial charge in [0.2, 0.25) is 5.65 Å². The van der Waals surface area contributed by atoms with E-state index in [-0.39, 0.29) is 5.82 Å². The molecule has 0 saturated heterocycles. The molecule has 3 heterocycles. The van der Waals surface area contributed by atoms with Crippen LogP contribution in [0.5, 0.6) is 0 Å². The fraction of sp³-hybridized carbons (Fsp3) is 0.0667. The van der Waals surface area contributed by atoms with Gasteiger partial charge in [0.1, 0.15) is 11.9 Å². The molecule has 1 N–H and O–H groups in total. The summed E-state index contributed by atoms with van der Waals surface area (Å²) in [7, 11) is 0. The predicted octanol–water partition coefficient (Wildman–Crippen LogP) is 1.83. The van der Waals surface area contributed by atoms with Crippen molar-refractivity contribution in [3.05, 3.63) is 70.7 Å². The van der Waals surface area contributed by atoms with Crippen molar-refractivity contribution in [1.29, 1.82) is 0 Å².